The first-order chi connectivity index (χ1) is 5.91. The summed E-state index contributed by atoms with van der Waals surface area (Å²) in [5.74, 6) is -2.90. The zero-order valence-corrected chi connectivity index (χ0v) is 8.30. The fourth-order valence-electron chi connectivity index (χ4n) is 0.704. The van der Waals surface area contributed by atoms with E-state index in [9.17, 15) is 12.7 Å². The van der Waals surface area contributed by atoms with Gasteiger partial charge in [-0.05, 0) is 13.0 Å². The molecule has 0 aromatic carbocycles. The van der Waals surface area contributed by atoms with Crippen LogP contribution in [-0.4, -0.2) is 5.92 Å². The van der Waals surface area contributed by atoms with Crippen molar-refractivity contribution in [2.24, 2.45) is 0 Å². The van der Waals surface area contributed by atoms with Crippen molar-refractivity contribution in [1.82, 2.24) is 0 Å². The van der Waals surface area contributed by atoms with Gasteiger partial charge < -0.3 is 0 Å². The number of hydrogen-bond acceptors (Lipinski definition) is 1. The molecular weight excluding hydrogens is 197 g/mol. The average Bonchev–Trinajstić information content (AvgIpc) is 2.02. The third-order valence-electron chi connectivity index (χ3n) is 1.37. The minimum Gasteiger partial charge on any atom is -0.202 e. The van der Waals surface area contributed by atoms with Crippen molar-refractivity contribution in [3.63, 3.8) is 0 Å². The van der Waals surface area contributed by atoms with E-state index in [-0.39, 0.29) is 22.6 Å². The van der Waals surface area contributed by atoms with Gasteiger partial charge in [-0.15, -0.1) is 0 Å². The summed E-state index contributed by atoms with van der Waals surface area (Å²) in [7, 11) is 0. The predicted octanol–water partition coefficient (Wildman–Crippen LogP) is 4.28. The number of halogens is 3. The number of allylic oxidation sites excluding steroid dienone is 4. The van der Waals surface area contributed by atoms with Crippen molar-refractivity contribution in [3.05, 3.63) is 35.3 Å². The Hall–Kier alpha value is -0.640. The number of rotatable bonds is 4. The number of alkyl halides is 2. The standard InChI is InChI=1S/C9H11F3S/c1-4-8(9(3,10)11)6-5-7(2)13-12/h4-6H,2H2,1,3H3/b6-5-,8-4+. The van der Waals surface area contributed by atoms with Crippen molar-refractivity contribution in [3.8, 4) is 0 Å². The van der Waals surface area contributed by atoms with Crippen LogP contribution in [0.25, 0.3) is 0 Å². The molecule has 0 atom stereocenters. The average molecular weight is 208 g/mol. The van der Waals surface area contributed by atoms with Crippen molar-refractivity contribution in [2.75, 3.05) is 0 Å². The molecule has 0 aliphatic heterocycles. The van der Waals surface area contributed by atoms with Gasteiger partial charge in [-0.25, -0.2) is 8.78 Å². The van der Waals surface area contributed by atoms with Gasteiger partial charge in [0.15, 0.2) is 0 Å². The molecule has 74 valence electrons. The molecule has 0 aromatic rings. The van der Waals surface area contributed by atoms with Gasteiger partial charge in [0.05, 0.1) is 12.1 Å². The van der Waals surface area contributed by atoms with E-state index >= 15 is 0 Å². The summed E-state index contributed by atoms with van der Waals surface area (Å²) in [5, 5.41) is 0. The van der Waals surface area contributed by atoms with Gasteiger partial charge in [0.2, 0.25) is 0 Å². The summed E-state index contributed by atoms with van der Waals surface area (Å²) in [5.41, 5.74) is -0.150. The highest BCUT2D eigenvalue weighted by Gasteiger charge is 2.24. The second-order valence-corrected chi connectivity index (χ2v) is 3.19. The van der Waals surface area contributed by atoms with E-state index in [0.717, 1.165) is 13.0 Å². The molecule has 0 amide bonds. The lowest BCUT2D eigenvalue weighted by atomic mass is 10.1. The minimum atomic E-state index is -2.90. The van der Waals surface area contributed by atoms with E-state index in [1.54, 1.807) is 0 Å². The van der Waals surface area contributed by atoms with Gasteiger partial charge in [-0.2, -0.15) is 3.89 Å². The molecule has 13 heavy (non-hydrogen) atoms. The fourth-order valence-corrected chi connectivity index (χ4v) is 0.824. The lowest BCUT2D eigenvalue weighted by molar-refractivity contribution is 0.0673. The maximum absolute atomic E-state index is 12.7. The Labute approximate surface area is 80.5 Å². The van der Waals surface area contributed by atoms with E-state index in [4.69, 9.17) is 0 Å². The van der Waals surface area contributed by atoms with Crippen molar-refractivity contribution < 1.29 is 12.7 Å². The SMILES string of the molecule is C=C(/C=C\C(=C/C)C(C)(F)F)SF. The lowest BCUT2D eigenvalue weighted by Gasteiger charge is -2.10. The van der Waals surface area contributed by atoms with Gasteiger partial charge in [0.25, 0.3) is 5.92 Å². The first-order valence-electron chi connectivity index (χ1n) is 3.62. The van der Waals surface area contributed by atoms with Crippen LogP contribution in [0.1, 0.15) is 13.8 Å². The first-order valence-corrected chi connectivity index (χ1v) is 4.33. The Morgan fingerprint density at radius 2 is 1.92 bits per heavy atom. The molecule has 0 N–H and O–H groups in total. The third-order valence-corrected chi connectivity index (χ3v) is 1.70. The molecular formula is C9H11F3S. The molecule has 0 rings (SSSR count). The molecule has 0 aliphatic carbocycles. The van der Waals surface area contributed by atoms with Crippen molar-refractivity contribution in [1.29, 1.82) is 0 Å². The summed E-state index contributed by atoms with van der Waals surface area (Å²) in [6.45, 7) is 5.58. The zero-order chi connectivity index (χ0) is 10.5. The van der Waals surface area contributed by atoms with E-state index in [1.807, 2.05) is 0 Å². The maximum Gasteiger partial charge on any atom is 0.270 e. The Morgan fingerprint density at radius 1 is 1.38 bits per heavy atom. The van der Waals surface area contributed by atoms with Crippen molar-refractivity contribution in [2.45, 2.75) is 19.8 Å². The normalized spacial score (nSPS) is 13.8. The smallest absolute Gasteiger partial charge is 0.202 e. The highest BCUT2D eigenvalue weighted by molar-refractivity contribution is 7.98. The van der Waals surface area contributed by atoms with E-state index < -0.39 is 5.92 Å². The van der Waals surface area contributed by atoms with Crippen LogP contribution in [0.2, 0.25) is 0 Å². The molecule has 0 saturated heterocycles. The lowest BCUT2D eigenvalue weighted by Crippen LogP contribution is -2.11. The molecule has 0 saturated carbocycles. The molecule has 0 aromatic heterocycles. The Balaban J connectivity index is 4.50. The molecule has 0 bridgehead atoms. The highest BCUT2D eigenvalue weighted by atomic mass is 32.2. The van der Waals surface area contributed by atoms with Gasteiger partial charge in [-0.3, -0.25) is 0 Å². The summed E-state index contributed by atoms with van der Waals surface area (Å²) >= 11 is -0.0655. The summed E-state index contributed by atoms with van der Waals surface area (Å²) < 4.78 is 37.2. The summed E-state index contributed by atoms with van der Waals surface area (Å²) in [6.07, 6.45) is 3.67. The van der Waals surface area contributed by atoms with E-state index in [2.05, 4.69) is 6.58 Å². The zero-order valence-electron chi connectivity index (χ0n) is 7.48. The van der Waals surface area contributed by atoms with Crippen LogP contribution in [0.5, 0.6) is 0 Å². The van der Waals surface area contributed by atoms with Crippen LogP contribution in [-0.2, 0) is 0 Å². The minimum absolute atomic E-state index is 0.0655. The van der Waals surface area contributed by atoms with Crippen LogP contribution in [0.3, 0.4) is 0 Å². The van der Waals surface area contributed by atoms with Crippen LogP contribution in [0, 0.1) is 0 Å². The van der Waals surface area contributed by atoms with Crippen LogP contribution < -0.4 is 0 Å². The van der Waals surface area contributed by atoms with Gasteiger partial charge in [-0.1, -0.05) is 18.7 Å². The number of hydrogen-bond donors (Lipinski definition) is 0. The maximum atomic E-state index is 12.7. The molecule has 0 nitrogen and oxygen atoms in total. The second kappa shape index (κ2) is 5.17. The van der Waals surface area contributed by atoms with Crippen LogP contribution in [0.4, 0.5) is 12.7 Å². The van der Waals surface area contributed by atoms with Gasteiger partial charge in [0.1, 0.15) is 0 Å². The Kier molecular flexibility index (Phi) is 4.91. The monoisotopic (exact) mass is 208 g/mol. The Bertz CT molecular complexity index is 236. The van der Waals surface area contributed by atoms with Crippen LogP contribution >= 0.6 is 12.1 Å². The molecule has 4 heteroatoms. The third kappa shape index (κ3) is 4.83. The van der Waals surface area contributed by atoms with Gasteiger partial charge in [0, 0.05) is 17.4 Å². The second-order valence-electron chi connectivity index (χ2n) is 2.51. The highest BCUT2D eigenvalue weighted by Crippen LogP contribution is 2.25. The fraction of sp³-hybridized carbons (Fsp3) is 0.333. The molecule has 0 radical (unpaired) electrons. The first kappa shape index (κ1) is 12.4. The predicted molar refractivity (Wildman–Crippen MR) is 51.4 cm³/mol. The van der Waals surface area contributed by atoms with E-state index in [1.165, 1.54) is 19.1 Å². The largest absolute Gasteiger partial charge is 0.270 e. The Morgan fingerprint density at radius 3 is 2.23 bits per heavy atom. The molecule has 0 aliphatic rings. The van der Waals surface area contributed by atoms with Crippen molar-refractivity contribution >= 4 is 12.1 Å². The molecule has 0 fully saturated rings. The topological polar surface area (TPSA) is 0 Å². The van der Waals surface area contributed by atoms with Gasteiger partial charge >= 0.3 is 0 Å². The molecule has 0 unspecified atom stereocenters. The summed E-state index contributed by atoms with van der Waals surface area (Å²) in [6, 6.07) is 0. The summed E-state index contributed by atoms with van der Waals surface area (Å²) in [4.78, 5) is 0.101. The van der Waals surface area contributed by atoms with E-state index in [0.29, 0.717) is 0 Å². The molecule has 0 spiro atoms. The molecule has 0 heterocycles. The quantitative estimate of drug-likeness (QED) is 0.621. The van der Waals surface area contributed by atoms with Crippen LogP contribution in [0.15, 0.2) is 35.3 Å².